The van der Waals surface area contributed by atoms with Gasteiger partial charge in [-0.15, -0.1) is 0 Å². The lowest BCUT2D eigenvalue weighted by molar-refractivity contribution is 0.0600. The van der Waals surface area contributed by atoms with Crippen molar-refractivity contribution in [1.29, 1.82) is 0 Å². The van der Waals surface area contributed by atoms with Gasteiger partial charge in [0.1, 0.15) is 5.75 Å². The SMILES string of the molecule is CCC(CC)CNC(=O)c1ccc2c(/C=C/c3ccccc3)cn(Cc3ccc(C(=O)OC)cc3OC)c2c1. The van der Waals surface area contributed by atoms with E-state index in [1.807, 2.05) is 42.5 Å². The first-order valence-corrected chi connectivity index (χ1v) is 13.4. The number of nitrogens with zero attached hydrogens (tertiary/aromatic N) is 1. The summed E-state index contributed by atoms with van der Waals surface area (Å²) in [5.41, 5.74) is 5.05. The lowest BCUT2D eigenvalue weighted by Gasteiger charge is -2.14. The predicted octanol–water partition coefficient (Wildman–Crippen LogP) is 6.82. The van der Waals surface area contributed by atoms with Crippen LogP contribution in [-0.2, 0) is 11.3 Å². The highest BCUT2D eigenvalue weighted by atomic mass is 16.5. The molecule has 202 valence electrons. The molecule has 1 amide bonds. The predicted molar refractivity (Wildman–Crippen MR) is 157 cm³/mol. The van der Waals surface area contributed by atoms with Gasteiger partial charge in [0.05, 0.1) is 26.3 Å². The third-order valence-electron chi connectivity index (χ3n) is 7.19. The molecule has 0 bridgehead atoms. The molecule has 0 saturated carbocycles. The van der Waals surface area contributed by atoms with Crippen molar-refractivity contribution in [2.24, 2.45) is 5.92 Å². The molecule has 39 heavy (non-hydrogen) atoms. The highest BCUT2D eigenvalue weighted by molar-refractivity contribution is 6.00. The van der Waals surface area contributed by atoms with Crippen LogP contribution in [0.3, 0.4) is 0 Å². The van der Waals surface area contributed by atoms with E-state index in [4.69, 9.17) is 9.47 Å². The molecule has 0 saturated heterocycles. The zero-order valence-corrected chi connectivity index (χ0v) is 23.1. The summed E-state index contributed by atoms with van der Waals surface area (Å²) in [7, 11) is 2.95. The molecule has 0 aliphatic carbocycles. The van der Waals surface area contributed by atoms with Crippen LogP contribution in [0.1, 0.15) is 64.1 Å². The van der Waals surface area contributed by atoms with Crippen LogP contribution in [0.15, 0.2) is 72.9 Å². The number of fused-ring (bicyclic) bond motifs is 1. The zero-order chi connectivity index (χ0) is 27.8. The summed E-state index contributed by atoms with van der Waals surface area (Å²) in [5, 5.41) is 4.15. The molecule has 1 aromatic heterocycles. The zero-order valence-electron chi connectivity index (χ0n) is 23.1. The number of amides is 1. The molecule has 0 unspecified atom stereocenters. The second kappa shape index (κ2) is 13.0. The van der Waals surface area contributed by atoms with Crippen molar-refractivity contribution in [2.45, 2.75) is 33.2 Å². The number of rotatable bonds is 11. The second-order valence-electron chi connectivity index (χ2n) is 9.60. The molecule has 1 N–H and O–H groups in total. The number of ether oxygens (including phenoxy) is 2. The van der Waals surface area contributed by atoms with Gasteiger partial charge in [0.2, 0.25) is 0 Å². The minimum Gasteiger partial charge on any atom is -0.496 e. The summed E-state index contributed by atoms with van der Waals surface area (Å²) in [5.74, 6) is 0.582. The number of carbonyl (C=O) groups is 2. The van der Waals surface area contributed by atoms with E-state index in [1.54, 1.807) is 19.2 Å². The van der Waals surface area contributed by atoms with Gasteiger partial charge >= 0.3 is 5.97 Å². The number of nitrogens with one attached hydrogen (secondary N) is 1. The molecule has 4 rings (SSSR count). The van der Waals surface area contributed by atoms with Gasteiger partial charge in [-0.2, -0.15) is 0 Å². The maximum Gasteiger partial charge on any atom is 0.337 e. The van der Waals surface area contributed by atoms with Gasteiger partial charge < -0.3 is 19.4 Å². The molecular formula is C33H36N2O4. The van der Waals surface area contributed by atoms with Crippen LogP contribution >= 0.6 is 0 Å². The van der Waals surface area contributed by atoms with E-state index in [1.165, 1.54) is 7.11 Å². The normalized spacial score (nSPS) is 11.3. The Morgan fingerprint density at radius 1 is 0.923 bits per heavy atom. The Hall–Kier alpha value is -4.32. The van der Waals surface area contributed by atoms with Crippen molar-refractivity contribution in [2.75, 3.05) is 20.8 Å². The monoisotopic (exact) mass is 524 g/mol. The first-order valence-electron chi connectivity index (χ1n) is 13.4. The van der Waals surface area contributed by atoms with E-state index in [0.29, 0.717) is 35.9 Å². The van der Waals surface area contributed by atoms with E-state index >= 15 is 0 Å². The summed E-state index contributed by atoms with van der Waals surface area (Å²) >= 11 is 0. The Morgan fingerprint density at radius 2 is 1.67 bits per heavy atom. The molecule has 0 aliphatic heterocycles. The number of methoxy groups -OCH3 is 2. The third kappa shape index (κ3) is 6.58. The molecule has 1 heterocycles. The third-order valence-corrected chi connectivity index (χ3v) is 7.19. The van der Waals surface area contributed by atoms with Gasteiger partial charge in [0, 0.05) is 40.3 Å². The molecule has 4 aromatic rings. The number of benzene rings is 3. The van der Waals surface area contributed by atoms with E-state index in [2.05, 4.69) is 54.2 Å². The lowest BCUT2D eigenvalue weighted by atomic mass is 10.0. The van der Waals surface area contributed by atoms with Crippen molar-refractivity contribution in [3.8, 4) is 5.75 Å². The molecule has 3 aromatic carbocycles. The maximum atomic E-state index is 13.0. The van der Waals surface area contributed by atoms with Crippen LogP contribution in [0.5, 0.6) is 5.75 Å². The Kier molecular flexibility index (Phi) is 9.21. The molecule has 6 nitrogen and oxygen atoms in total. The number of carbonyl (C=O) groups excluding carboxylic acids is 2. The largest absolute Gasteiger partial charge is 0.496 e. The second-order valence-corrected chi connectivity index (χ2v) is 9.60. The van der Waals surface area contributed by atoms with Crippen molar-refractivity contribution in [3.05, 3.63) is 101 Å². The van der Waals surface area contributed by atoms with E-state index in [-0.39, 0.29) is 5.91 Å². The highest BCUT2D eigenvalue weighted by Gasteiger charge is 2.16. The van der Waals surface area contributed by atoms with Gasteiger partial charge in [-0.05, 0) is 35.7 Å². The van der Waals surface area contributed by atoms with Crippen molar-refractivity contribution >= 4 is 34.9 Å². The van der Waals surface area contributed by atoms with E-state index < -0.39 is 5.97 Å². The topological polar surface area (TPSA) is 69.6 Å². The number of esters is 1. The molecule has 6 heteroatoms. The van der Waals surface area contributed by atoms with Gasteiger partial charge in [0.15, 0.2) is 0 Å². The Bertz CT molecular complexity index is 1470. The Balaban J connectivity index is 1.73. The fourth-order valence-electron chi connectivity index (χ4n) is 4.70. The van der Waals surface area contributed by atoms with Gasteiger partial charge in [0.25, 0.3) is 5.91 Å². The quantitative estimate of drug-likeness (QED) is 0.219. The van der Waals surface area contributed by atoms with Gasteiger partial charge in [-0.25, -0.2) is 4.79 Å². The van der Waals surface area contributed by atoms with Crippen molar-refractivity contribution in [3.63, 3.8) is 0 Å². The fourth-order valence-corrected chi connectivity index (χ4v) is 4.70. The van der Waals surface area contributed by atoms with Crippen LogP contribution in [0.2, 0.25) is 0 Å². The highest BCUT2D eigenvalue weighted by Crippen LogP contribution is 2.28. The van der Waals surface area contributed by atoms with E-state index in [0.717, 1.165) is 40.4 Å². The molecule has 0 atom stereocenters. The summed E-state index contributed by atoms with van der Waals surface area (Å²) in [4.78, 5) is 25.1. The molecule has 0 fully saturated rings. The number of hydrogen-bond donors (Lipinski definition) is 1. The smallest absolute Gasteiger partial charge is 0.337 e. The fraction of sp³-hybridized carbons (Fsp3) is 0.273. The summed E-state index contributed by atoms with van der Waals surface area (Å²) < 4.78 is 12.6. The standard InChI is InChI=1S/C33H36N2O4/c1-5-23(6-2)20-34-32(36)25-16-17-29-27(13-12-24-10-8-7-9-11-24)21-35(30(29)18-25)22-28-15-14-26(33(37)39-4)19-31(28)38-3/h7-19,21,23H,5-6,20,22H2,1-4H3,(H,34,36)/b13-12+. The Morgan fingerprint density at radius 3 is 2.36 bits per heavy atom. The van der Waals surface area contributed by atoms with Gasteiger partial charge in [-0.3, -0.25) is 4.79 Å². The van der Waals surface area contributed by atoms with Crippen LogP contribution in [0.25, 0.3) is 23.1 Å². The first-order chi connectivity index (χ1) is 19.0. The molecule has 0 radical (unpaired) electrons. The lowest BCUT2D eigenvalue weighted by Crippen LogP contribution is -2.28. The minimum absolute atomic E-state index is 0.0714. The van der Waals surface area contributed by atoms with Crippen LogP contribution in [0.4, 0.5) is 0 Å². The van der Waals surface area contributed by atoms with Crippen LogP contribution in [-0.4, -0.2) is 37.2 Å². The van der Waals surface area contributed by atoms with Crippen LogP contribution in [0, 0.1) is 5.92 Å². The number of hydrogen-bond acceptors (Lipinski definition) is 4. The Labute approximate surface area is 230 Å². The average Bonchev–Trinajstić information content (AvgIpc) is 3.33. The van der Waals surface area contributed by atoms with Gasteiger partial charge in [-0.1, -0.05) is 81.3 Å². The molecule has 0 spiro atoms. The minimum atomic E-state index is -0.413. The summed E-state index contributed by atoms with van der Waals surface area (Å²) in [6, 6.07) is 21.3. The van der Waals surface area contributed by atoms with Crippen molar-refractivity contribution in [1.82, 2.24) is 9.88 Å². The summed E-state index contributed by atoms with van der Waals surface area (Å²) in [6.45, 7) is 5.46. The first kappa shape index (κ1) is 27.7. The number of aromatic nitrogens is 1. The van der Waals surface area contributed by atoms with Crippen LogP contribution < -0.4 is 10.1 Å². The van der Waals surface area contributed by atoms with E-state index in [9.17, 15) is 9.59 Å². The molecular weight excluding hydrogens is 488 g/mol. The maximum absolute atomic E-state index is 13.0. The summed E-state index contributed by atoms with van der Waals surface area (Å²) in [6.07, 6.45) is 8.34. The van der Waals surface area contributed by atoms with Crippen molar-refractivity contribution < 1.29 is 19.1 Å². The average molecular weight is 525 g/mol. The molecule has 0 aliphatic rings.